The van der Waals surface area contributed by atoms with E-state index in [1.165, 1.54) is 0 Å². The van der Waals surface area contributed by atoms with Crippen LogP contribution in [0, 0.1) is 0 Å². The zero-order valence-electron chi connectivity index (χ0n) is 9.41. The van der Waals surface area contributed by atoms with Crippen molar-refractivity contribution in [3.63, 3.8) is 0 Å². The van der Waals surface area contributed by atoms with Gasteiger partial charge < -0.3 is 10.3 Å². The van der Waals surface area contributed by atoms with Crippen LogP contribution in [0.15, 0.2) is 16.9 Å². The molecule has 7 heteroatoms. The van der Waals surface area contributed by atoms with Gasteiger partial charge in [0.15, 0.2) is 0 Å². The van der Waals surface area contributed by atoms with E-state index < -0.39 is 0 Å². The maximum absolute atomic E-state index is 6.00. The summed E-state index contributed by atoms with van der Waals surface area (Å²) in [6.45, 7) is 0. The zero-order valence-corrected chi connectivity index (χ0v) is 10.2. The minimum Gasteiger partial charge on any atom is -0.339 e. The molecule has 1 aliphatic rings. The van der Waals surface area contributed by atoms with Crippen LogP contribution in [-0.2, 0) is 7.05 Å². The molecule has 0 spiro atoms. The second-order valence-electron chi connectivity index (χ2n) is 4.17. The molecule has 2 N–H and O–H groups in total. The first kappa shape index (κ1) is 10.8. The summed E-state index contributed by atoms with van der Waals surface area (Å²) in [5, 5.41) is 8.06. The number of hydrogen-bond donors (Lipinski definition) is 1. The maximum atomic E-state index is 6.00. The smallest absolute Gasteiger partial charge is 0.232 e. The first-order chi connectivity index (χ1) is 8.24. The molecule has 1 fully saturated rings. The fourth-order valence-corrected chi connectivity index (χ4v) is 3.15. The molecule has 2 unspecified atom stereocenters. The largest absolute Gasteiger partial charge is 0.339 e. The Balaban J connectivity index is 1.87. The third-order valence-corrected chi connectivity index (χ3v) is 4.06. The number of rotatable bonds is 2. The second-order valence-corrected chi connectivity index (χ2v) is 5.24. The van der Waals surface area contributed by atoms with Gasteiger partial charge in [0.05, 0.1) is 17.7 Å². The lowest BCUT2D eigenvalue weighted by molar-refractivity contribution is 0.352. The molecule has 0 aliphatic carbocycles. The summed E-state index contributed by atoms with van der Waals surface area (Å²) in [5.74, 6) is 3.31. The Morgan fingerprint density at radius 2 is 2.41 bits per heavy atom. The molecule has 0 saturated carbocycles. The third kappa shape index (κ3) is 1.96. The molecule has 3 rings (SSSR count). The van der Waals surface area contributed by atoms with Crippen molar-refractivity contribution in [3.8, 4) is 11.4 Å². The molecule has 0 aromatic carbocycles. The standard InChI is InChI=1S/C10H13N5OS/c1-15-3-6(2-12-15)9-13-10(16-14-9)7-4-17-5-8(7)11/h2-3,7-8H,4-5,11H2,1H3. The Kier molecular flexibility index (Phi) is 2.64. The Morgan fingerprint density at radius 3 is 3.06 bits per heavy atom. The van der Waals surface area contributed by atoms with E-state index in [0.29, 0.717) is 11.7 Å². The molecule has 0 bridgehead atoms. The fraction of sp³-hybridized carbons (Fsp3) is 0.500. The van der Waals surface area contributed by atoms with Gasteiger partial charge in [0.1, 0.15) is 0 Å². The highest BCUT2D eigenvalue weighted by atomic mass is 32.2. The normalized spacial score (nSPS) is 24.4. The molecule has 2 atom stereocenters. The van der Waals surface area contributed by atoms with E-state index in [4.69, 9.17) is 10.3 Å². The van der Waals surface area contributed by atoms with E-state index in [9.17, 15) is 0 Å². The fourth-order valence-electron chi connectivity index (χ4n) is 1.87. The number of nitrogens with zero attached hydrogens (tertiary/aromatic N) is 4. The van der Waals surface area contributed by atoms with Gasteiger partial charge in [-0.1, -0.05) is 5.16 Å². The van der Waals surface area contributed by atoms with Gasteiger partial charge in [0.2, 0.25) is 11.7 Å². The van der Waals surface area contributed by atoms with Gasteiger partial charge >= 0.3 is 0 Å². The second kappa shape index (κ2) is 4.15. The lowest BCUT2D eigenvalue weighted by Crippen LogP contribution is -2.26. The van der Waals surface area contributed by atoms with Crippen molar-refractivity contribution in [1.29, 1.82) is 0 Å². The average molecular weight is 251 g/mol. The lowest BCUT2D eigenvalue weighted by Gasteiger charge is -2.07. The quantitative estimate of drug-likeness (QED) is 0.842. The van der Waals surface area contributed by atoms with Gasteiger partial charge in [-0.25, -0.2) is 0 Å². The molecular weight excluding hydrogens is 238 g/mol. The molecule has 2 aromatic rings. The van der Waals surface area contributed by atoms with E-state index in [1.807, 2.05) is 25.0 Å². The van der Waals surface area contributed by atoms with Crippen LogP contribution in [0.4, 0.5) is 0 Å². The van der Waals surface area contributed by atoms with E-state index >= 15 is 0 Å². The van der Waals surface area contributed by atoms with Crippen molar-refractivity contribution in [1.82, 2.24) is 19.9 Å². The van der Waals surface area contributed by atoms with E-state index in [-0.39, 0.29) is 12.0 Å². The number of nitrogens with two attached hydrogens (primary N) is 1. The van der Waals surface area contributed by atoms with E-state index in [1.54, 1.807) is 10.9 Å². The van der Waals surface area contributed by atoms with Crippen LogP contribution in [0.25, 0.3) is 11.4 Å². The van der Waals surface area contributed by atoms with Crippen molar-refractivity contribution < 1.29 is 4.52 Å². The van der Waals surface area contributed by atoms with Gasteiger partial charge in [-0.3, -0.25) is 4.68 Å². The summed E-state index contributed by atoms with van der Waals surface area (Å²) in [7, 11) is 1.86. The summed E-state index contributed by atoms with van der Waals surface area (Å²) in [6, 6.07) is 0.113. The van der Waals surface area contributed by atoms with Gasteiger partial charge in [-0.15, -0.1) is 0 Å². The number of hydrogen-bond acceptors (Lipinski definition) is 6. The summed E-state index contributed by atoms with van der Waals surface area (Å²) in [6.07, 6.45) is 3.58. The SMILES string of the molecule is Cn1cc(-c2noc(C3CSCC3N)n2)cn1. The van der Waals surface area contributed by atoms with E-state index in [2.05, 4.69) is 15.2 Å². The molecular formula is C10H13N5OS. The molecule has 90 valence electrons. The molecule has 3 heterocycles. The molecule has 1 aliphatic heterocycles. The molecule has 1 saturated heterocycles. The van der Waals surface area contributed by atoms with Crippen LogP contribution in [-0.4, -0.2) is 37.5 Å². The van der Waals surface area contributed by atoms with Crippen LogP contribution in [0.2, 0.25) is 0 Å². The Bertz CT molecular complexity index is 522. The summed E-state index contributed by atoms with van der Waals surface area (Å²) < 4.78 is 7.00. The maximum Gasteiger partial charge on any atom is 0.232 e. The first-order valence-corrected chi connectivity index (χ1v) is 6.55. The van der Waals surface area contributed by atoms with Crippen LogP contribution >= 0.6 is 11.8 Å². The predicted molar refractivity (Wildman–Crippen MR) is 64.5 cm³/mol. The number of aryl methyl sites for hydroxylation is 1. The van der Waals surface area contributed by atoms with Crippen LogP contribution in [0.1, 0.15) is 11.8 Å². The van der Waals surface area contributed by atoms with Gasteiger partial charge in [-0.2, -0.15) is 21.8 Å². The van der Waals surface area contributed by atoms with Gasteiger partial charge in [0, 0.05) is 30.8 Å². The number of thioether (sulfide) groups is 1. The minimum absolute atomic E-state index is 0.113. The summed E-state index contributed by atoms with van der Waals surface area (Å²) >= 11 is 1.83. The Labute approximate surface area is 103 Å². The highest BCUT2D eigenvalue weighted by Gasteiger charge is 2.31. The molecule has 17 heavy (non-hydrogen) atoms. The van der Waals surface area contributed by atoms with E-state index in [0.717, 1.165) is 17.1 Å². The van der Waals surface area contributed by atoms with Gasteiger partial charge in [0.25, 0.3) is 0 Å². The van der Waals surface area contributed by atoms with Crippen LogP contribution in [0.3, 0.4) is 0 Å². The molecule has 0 radical (unpaired) electrons. The Hall–Kier alpha value is -1.34. The van der Waals surface area contributed by atoms with Crippen molar-refractivity contribution in [2.45, 2.75) is 12.0 Å². The number of aromatic nitrogens is 4. The monoisotopic (exact) mass is 251 g/mol. The van der Waals surface area contributed by atoms with Crippen molar-refractivity contribution >= 4 is 11.8 Å². The Morgan fingerprint density at radius 1 is 1.53 bits per heavy atom. The summed E-state index contributed by atoms with van der Waals surface area (Å²) in [5.41, 5.74) is 6.86. The minimum atomic E-state index is 0.113. The first-order valence-electron chi connectivity index (χ1n) is 5.40. The topological polar surface area (TPSA) is 82.8 Å². The molecule has 6 nitrogen and oxygen atoms in total. The van der Waals surface area contributed by atoms with Crippen molar-refractivity contribution in [2.24, 2.45) is 12.8 Å². The summed E-state index contributed by atoms with van der Waals surface area (Å²) in [4.78, 5) is 4.40. The van der Waals surface area contributed by atoms with Gasteiger partial charge in [-0.05, 0) is 0 Å². The van der Waals surface area contributed by atoms with Crippen LogP contribution < -0.4 is 5.73 Å². The highest BCUT2D eigenvalue weighted by molar-refractivity contribution is 7.99. The molecule has 2 aromatic heterocycles. The highest BCUT2D eigenvalue weighted by Crippen LogP contribution is 2.31. The molecule has 0 amide bonds. The zero-order chi connectivity index (χ0) is 11.8. The average Bonchev–Trinajstić information content (AvgIpc) is 2.97. The predicted octanol–water partition coefficient (Wildman–Crippen LogP) is 0.628. The van der Waals surface area contributed by atoms with Crippen molar-refractivity contribution in [2.75, 3.05) is 11.5 Å². The van der Waals surface area contributed by atoms with Crippen LogP contribution in [0.5, 0.6) is 0 Å². The third-order valence-electron chi connectivity index (χ3n) is 2.85. The van der Waals surface area contributed by atoms with Crippen molar-refractivity contribution in [3.05, 3.63) is 18.3 Å². The lowest BCUT2D eigenvalue weighted by atomic mass is 10.1.